The van der Waals surface area contributed by atoms with Crippen LogP contribution in [-0.2, 0) is 16.4 Å². The summed E-state index contributed by atoms with van der Waals surface area (Å²) in [6.07, 6.45) is 3.36. The summed E-state index contributed by atoms with van der Waals surface area (Å²) < 4.78 is 27.1. The minimum Gasteiger partial charge on any atom is -0.313 e. The zero-order valence-corrected chi connectivity index (χ0v) is 14.3. The van der Waals surface area contributed by atoms with Crippen LogP contribution in [0.4, 0.5) is 5.69 Å². The second-order valence-electron chi connectivity index (χ2n) is 5.82. The smallest absolute Gasteiger partial charge is 0.236 e. The van der Waals surface area contributed by atoms with Crippen LogP contribution < -0.4 is 10.0 Å². The maximum atomic E-state index is 12.2. The normalized spacial score (nSPS) is 13.4. The van der Waals surface area contributed by atoms with Crippen LogP contribution in [0.5, 0.6) is 0 Å². The molecule has 0 saturated carbocycles. The number of nitrogens with one attached hydrogen (secondary N) is 2. The Labute approximate surface area is 129 Å². The van der Waals surface area contributed by atoms with Crippen molar-refractivity contribution in [3.63, 3.8) is 0 Å². The number of aryl methyl sites for hydroxylation is 1. The lowest BCUT2D eigenvalue weighted by atomic mass is 10.1. The second kappa shape index (κ2) is 8.39. The average molecular weight is 312 g/mol. The third-order valence-corrected chi connectivity index (χ3v) is 5.12. The van der Waals surface area contributed by atoms with Gasteiger partial charge in [0, 0.05) is 18.3 Å². The predicted molar refractivity (Wildman–Crippen MR) is 90.2 cm³/mol. The van der Waals surface area contributed by atoms with Crippen LogP contribution in [0.2, 0.25) is 0 Å². The number of rotatable bonds is 9. The lowest BCUT2D eigenvalue weighted by molar-refractivity contribution is 0.553. The van der Waals surface area contributed by atoms with Gasteiger partial charge in [-0.15, -0.1) is 0 Å². The molecule has 120 valence electrons. The van der Waals surface area contributed by atoms with Gasteiger partial charge in [0.15, 0.2) is 0 Å². The van der Waals surface area contributed by atoms with Crippen LogP contribution in [-0.4, -0.2) is 26.3 Å². The number of sulfonamides is 1. The van der Waals surface area contributed by atoms with Crippen molar-refractivity contribution in [3.05, 3.63) is 29.8 Å². The maximum absolute atomic E-state index is 12.2. The average Bonchev–Trinajstić information content (AvgIpc) is 2.43. The van der Waals surface area contributed by atoms with Crippen molar-refractivity contribution in [1.29, 1.82) is 0 Å². The van der Waals surface area contributed by atoms with E-state index in [9.17, 15) is 8.42 Å². The molecule has 0 aliphatic carbocycles. The van der Waals surface area contributed by atoms with Gasteiger partial charge < -0.3 is 5.32 Å². The first kappa shape index (κ1) is 18.0. The molecule has 0 amide bonds. The Hall–Kier alpha value is -1.07. The highest BCUT2D eigenvalue weighted by molar-refractivity contribution is 7.93. The van der Waals surface area contributed by atoms with Crippen molar-refractivity contribution in [1.82, 2.24) is 5.32 Å². The van der Waals surface area contributed by atoms with E-state index in [0.717, 1.165) is 19.3 Å². The van der Waals surface area contributed by atoms with Gasteiger partial charge in [-0.1, -0.05) is 39.3 Å². The molecule has 1 aromatic carbocycles. The fourth-order valence-corrected chi connectivity index (χ4v) is 2.88. The molecule has 0 saturated heterocycles. The van der Waals surface area contributed by atoms with Crippen molar-refractivity contribution >= 4 is 15.7 Å². The Morgan fingerprint density at radius 1 is 1.10 bits per heavy atom. The number of anilines is 1. The van der Waals surface area contributed by atoms with E-state index in [1.54, 1.807) is 6.92 Å². The van der Waals surface area contributed by atoms with Crippen LogP contribution in [0.15, 0.2) is 24.3 Å². The predicted octanol–water partition coefficient (Wildman–Crippen LogP) is 3.16. The quantitative estimate of drug-likeness (QED) is 0.736. The summed E-state index contributed by atoms with van der Waals surface area (Å²) in [6.45, 7) is 8.33. The third kappa shape index (κ3) is 6.48. The summed E-state index contributed by atoms with van der Waals surface area (Å²) in [5, 5.41) is 2.68. The summed E-state index contributed by atoms with van der Waals surface area (Å²) in [7, 11) is -3.35. The molecule has 0 fully saturated rings. The number of hydrogen-bond acceptors (Lipinski definition) is 3. The zero-order chi connectivity index (χ0) is 15.9. The first-order valence-electron chi connectivity index (χ1n) is 7.69. The van der Waals surface area contributed by atoms with Crippen LogP contribution in [0.1, 0.15) is 46.1 Å². The molecule has 1 aromatic rings. The fraction of sp³-hybridized carbons (Fsp3) is 0.625. The maximum Gasteiger partial charge on any atom is 0.236 e. The molecule has 0 radical (unpaired) electrons. The Kier molecular flexibility index (Phi) is 7.18. The molecule has 1 atom stereocenters. The fourth-order valence-electron chi connectivity index (χ4n) is 1.90. The van der Waals surface area contributed by atoms with E-state index in [2.05, 4.69) is 17.0 Å². The van der Waals surface area contributed by atoms with Gasteiger partial charge in [0.05, 0.1) is 5.25 Å². The first-order valence-corrected chi connectivity index (χ1v) is 9.23. The number of unbranched alkanes of at least 4 members (excludes halogenated alkanes) is 1. The third-order valence-electron chi connectivity index (χ3n) is 3.38. The molecule has 2 N–H and O–H groups in total. The number of benzene rings is 1. The molecule has 4 nitrogen and oxygen atoms in total. The molecule has 0 aromatic heterocycles. The highest BCUT2D eigenvalue weighted by Gasteiger charge is 2.20. The monoisotopic (exact) mass is 312 g/mol. The molecular formula is C16H28N2O2S. The molecule has 0 bridgehead atoms. The van der Waals surface area contributed by atoms with E-state index in [1.807, 2.05) is 38.1 Å². The first-order chi connectivity index (χ1) is 9.85. The highest BCUT2D eigenvalue weighted by atomic mass is 32.2. The Morgan fingerprint density at radius 3 is 2.24 bits per heavy atom. The number of hydrogen-bond donors (Lipinski definition) is 2. The summed E-state index contributed by atoms with van der Waals surface area (Å²) in [5.41, 5.74) is 1.88. The van der Waals surface area contributed by atoms with Crippen LogP contribution in [0.3, 0.4) is 0 Å². The zero-order valence-electron chi connectivity index (χ0n) is 13.5. The molecule has 1 unspecified atom stereocenters. The van der Waals surface area contributed by atoms with Gasteiger partial charge in [-0.05, 0) is 37.5 Å². The van der Waals surface area contributed by atoms with E-state index in [-0.39, 0.29) is 6.04 Å². The van der Waals surface area contributed by atoms with E-state index in [0.29, 0.717) is 12.2 Å². The summed E-state index contributed by atoms with van der Waals surface area (Å²) in [5.74, 6) is 0. The minimum atomic E-state index is -3.35. The van der Waals surface area contributed by atoms with E-state index in [1.165, 1.54) is 5.56 Å². The Bertz CT molecular complexity index is 510. The Morgan fingerprint density at radius 2 is 1.71 bits per heavy atom. The van der Waals surface area contributed by atoms with Gasteiger partial charge >= 0.3 is 0 Å². The van der Waals surface area contributed by atoms with Gasteiger partial charge in [-0.3, -0.25) is 4.72 Å². The molecular weight excluding hydrogens is 284 g/mol. The summed E-state index contributed by atoms with van der Waals surface area (Å²) >= 11 is 0. The van der Waals surface area contributed by atoms with Crippen LogP contribution in [0, 0.1) is 0 Å². The van der Waals surface area contributed by atoms with Gasteiger partial charge in [0.2, 0.25) is 10.0 Å². The molecule has 5 heteroatoms. The largest absolute Gasteiger partial charge is 0.313 e. The standard InChI is InChI=1S/C16H28N2O2S/c1-5-6-7-15-8-10-16(11-9-15)18-21(19,20)14(4)12-17-13(2)3/h8-11,13-14,17-18H,5-7,12H2,1-4H3. The Balaban J connectivity index is 2.62. The van der Waals surface area contributed by atoms with Crippen molar-refractivity contribution in [3.8, 4) is 0 Å². The molecule has 0 heterocycles. The van der Waals surface area contributed by atoms with Gasteiger partial charge in [-0.25, -0.2) is 8.42 Å². The molecule has 21 heavy (non-hydrogen) atoms. The van der Waals surface area contributed by atoms with Gasteiger partial charge in [0.25, 0.3) is 0 Å². The van der Waals surface area contributed by atoms with E-state index in [4.69, 9.17) is 0 Å². The van der Waals surface area contributed by atoms with E-state index >= 15 is 0 Å². The second-order valence-corrected chi connectivity index (χ2v) is 7.92. The van der Waals surface area contributed by atoms with Crippen molar-refractivity contribution in [2.45, 2.75) is 58.2 Å². The van der Waals surface area contributed by atoms with Gasteiger partial charge in [-0.2, -0.15) is 0 Å². The summed E-state index contributed by atoms with van der Waals surface area (Å²) in [6, 6.07) is 7.94. The van der Waals surface area contributed by atoms with Crippen molar-refractivity contribution in [2.24, 2.45) is 0 Å². The summed E-state index contributed by atoms with van der Waals surface area (Å²) in [4.78, 5) is 0. The van der Waals surface area contributed by atoms with Crippen LogP contribution in [0.25, 0.3) is 0 Å². The highest BCUT2D eigenvalue weighted by Crippen LogP contribution is 2.14. The lowest BCUT2D eigenvalue weighted by Crippen LogP contribution is -2.37. The molecule has 1 rings (SSSR count). The topological polar surface area (TPSA) is 58.2 Å². The molecule has 0 aliphatic rings. The van der Waals surface area contributed by atoms with Crippen molar-refractivity contribution < 1.29 is 8.42 Å². The molecule has 0 aliphatic heterocycles. The lowest BCUT2D eigenvalue weighted by Gasteiger charge is -2.17. The van der Waals surface area contributed by atoms with Crippen LogP contribution >= 0.6 is 0 Å². The van der Waals surface area contributed by atoms with Crippen molar-refractivity contribution in [2.75, 3.05) is 11.3 Å². The SMILES string of the molecule is CCCCc1ccc(NS(=O)(=O)C(C)CNC(C)C)cc1. The van der Waals surface area contributed by atoms with E-state index < -0.39 is 15.3 Å². The van der Waals surface area contributed by atoms with Gasteiger partial charge in [0.1, 0.15) is 0 Å². The minimum absolute atomic E-state index is 0.278. The molecule has 0 spiro atoms.